The molecular weight excluding hydrogens is 294 g/mol. The van der Waals surface area contributed by atoms with Gasteiger partial charge in [0.05, 0.1) is 12.2 Å². The van der Waals surface area contributed by atoms with Crippen LogP contribution in [0.4, 0.5) is 0 Å². The molecule has 3 rings (SSSR count). The zero-order valence-corrected chi connectivity index (χ0v) is 12.9. The van der Waals surface area contributed by atoms with Gasteiger partial charge in [-0.05, 0) is 23.6 Å². The highest BCUT2D eigenvalue weighted by molar-refractivity contribution is 7.17. The highest BCUT2D eigenvalue weighted by atomic mass is 32.1. The van der Waals surface area contributed by atoms with Gasteiger partial charge < -0.3 is 10.4 Å². The zero-order chi connectivity index (χ0) is 15.4. The molecule has 0 spiro atoms. The fraction of sp³-hybridized carbons (Fsp3) is 0.167. The third-order valence-electron chi connectivity index (χ3n) is 3.63. The van der Waals surface area contributed by atoms with Gasteiger partial charge in [0.2, 0.25) is 0 Å². The van der Waals surface area contributed by atoms with Crippen LogP contribution in [-0.2, 0) is 13.0 Å². The number of amides is 1. The van der Waals surface area contributed by atoms with Crippen molar-refractivity contribution in [3.63, 3.8) is 0 Å². The second-order valence-electron chi connectivity index (χ2n) is 5.13. The molecule has 1 aromatic heterocycles. The van der Waals surface area contributed by atoms with Gasteiger partial charge in [-0.25, -0.2) is 0 Å². The molecule has 22 heavy (non-hydrogen) atoms. The molecule has 1 amide bonds. The van der Waals surface area contributed by atoms with Crippen molar-refractivity contribution in [1.82, 2.24) is 5.32 Å². The molecule has 0 saturated carbocycles. The first-order valence-electron chi connectivity index (χ1n) is 7.21. The van der Waals surface area contributed by atoms with Crippen LogP contribution < -0.4 is 5.32 Å². The number of aliphatic hydroxyl groups excluding tert-OH is 1. The predicted octanol–water partition coefficient (Wildman–Crippen LogP) is 3.37. The predicted molar refractivity (Wildman–Crippen MR) is 90.2 cm³/mol. The Balaban J connectivity index is 1.60. The molecule has 3 aromatic rings. The summed E-state index contributed by atoms with van der Waals surface area (Å²) >= 11 is 1.59. The Hall–Kier alpha value is -2.17. The topological polar surface area (TPSA) is 49.3 Å². The molecule has 2 N–H and O–H groups in total. The molecule has 0 radical (unpaired) electrons. The van der Waals surface area contributed by atoms with E-state index < -0.39 is 0 Å². The number of hydrogen-bond acceptors (Lipinski definition) is 3. The molecule has 0 aliphatic carbocycles. The summed E-state index contributed by atoms with van der Waals surface area (Å²) in [4.78, 5) is 12.3. The third-order valence-corrected chi connectivity index (χ3v) is 4.59. The summed E-state index contributed by atoms with van der Waals surface area (Å²) in [5, 5.41) is 14.9. The molecule has 0 aliphatic rings. The largest absolute Gasteiger partial charge is 0.392 e. The number of nitrogens with one attached hydrogen (secondary N) is 1. The van der Waals surface area contributed by atoms with Crippen molar-refractivity contribution < 1.29 is 9.90 Å². The van der Waals surface area contributed by atoms with Gasteiger partial charge in [0.25, 0.3) is 5.91 Å². The lowest BCUT2D eigenvalue weighted by molar-refractivity contribution is 0.0956. The van der Waals surface area contributed by atoms with E-state index in [1.165, 1.54) is 0 Å². The molecule has 0 bridgehead atoms. The van der Waals surface area contributed by atoms with Crippen LogP contribution in [0, 0.1) is 0 Å². The van der Waals surface area contributed by atoms with E-state index in [-0.39, 0.29) is 12.5 Å². The number of thiophene rings is 1. The SMILES string of the molecule is O=C(NCCc1ccc(CO)cc1)c1csc2ccccc12. The molecule has 3 nitrogen and oxygen atoms in total. The zero-order valence-electron chi connectivity index (χ0n) is 12.1. The molecule has 2 aromatic carbocycles. The van der Waals surface area contributed by atoms with Crippen molar-refractivity contribution in [2.24, 2.45) is 0 Å². The van der Waals surface area contributed by atoms with E-state index in [1.807, 2.05) is 53.9 Å². The fourth-order valence-electron chi connectivity index (χ4n) is 2.38. The first-order chi connectivity index (χ1) is 10.8. The van der Waals surface area contributed by atoms with Crippen molar-refractivity contribution >= 4 is 27.3 Å². The smallest absolute Gasteiger partial charge is 0.252 e. The number of hydrogen-bond donors (Lipinski definition) is 2. The Bertz CT molecular complexity index is 777. The van der Waals surface area contributed by atoms with Gasteiger partial charge in [0, 0.05) is 22.0 Å². The van der Waals surface area contributed by atoms with Crippen molar-refractivity contribution in [1.29, 1.82) is 0 Å². The van der Waals surface area contributed by atoms with E-state index in [1.54, 1.807) is 11.3 Å². The molecule has 0 fully saturated rings. The average Bonchev–Trinajstić information content (AvgIpc) is 2.99. The monoisotopic (exact) mass is 311 g/mol. The van der Waals surface area contributed by atoms with Crippen LogP contribution in [0.1, 0.15) is 21.5 Å². The molecule has 4 heteroatoms. The number of carbonyl (C=O) groups is 1. The second-order valence-corrected chi connectivity index (χ2v) is 6.04. The molecule has 1 heterocycles. The van der Waals surface area contributed by atoms with Gasteiger partial charge in [-0.3, -0.25) is 4.79 Å². The van der Waals surface area contributed by atoms with Crippen LogP contribution in [0.15, 0.2) is 53.9 Å². The lowest BCUT2D eigenvalue weighted by atomic mass is 10.1. The summed E-state index contributed by atoms with van der Waals surface area (Å²) in [5.41, 5.74) is 2.79. The van der Waals surface area contributed by atoms with Crippen LogP contribution in [0.5, 0.6) is 0 Å². The number of carbonyl (C=O) groups excluding carboxylic acids is 1. The van der Waals surface area contributed by atoms with E-state index in [0.29, 0.717) is 6.54 Å². The maximum atomic E-state index is 12.3. The Morgan fingerprint density at radius 3 is 2.55 bits per heavy atom. The quantitative estimate of drug-likeness (QED) is 0.759. The Kier molecular flexibility index (Phi) is 4.51. The van der Waals surface area contributed by atoms with Crippen LogP contribution in [0.2, 0.25) is 0 Å². The van der Waals surface area contributed by atoms with Gasteiger partial charge in [-0.15, -0.1) is 11.3 Å². The number of benzene rings is 2. The van der Waals surface area contributed by atoms with E-state index in [0.717, 1.165) is 33.2 Å². The van der Waals surface area contributed by atoms with E-state index >= 15 is 0 Å². The average molecular weight is 311 g/mol. The van der Waals surface area contributed by atoms with Gasteiger partial charge >= 0.3 is 0 Å². The molecule has 112 valence electrons. The fourth-order valence-corrected chi connectivity index (χ4v) is 3.32. The Morgan fingerprint density at radius 2 is 1.77 bits per heavy atom. The van der Waals surface area contributed by atoms with Crippen molar-refractivity contribution in [2.45, 2.75) is 13.0 Å². The van der Waals surface area contributed by atoms with E-state index in [9.17, 15) is 4.79 Å². The Labute approximate surface area is 133 Å². The molecule has 0 unspecified atom stereocenters. The summed E-state index contributed by atoms with van der Waals surface area (Å²) in [7, 11) is 0. The lowest BCUT2D eigenvalue weighted by Gasteiger charge is -2.05. The highest BCUT2D eigenvalue weighted by Gasteiger charge is 2.11. The number of rotatable bonds is 5. The maximum absolute atomic E-state index is 12.3. The summed E-state index contributed by atoms with van der Waals surface area (Å²) < 4.78 is 1.13. The van der Waals surface area contributed by atoms with Crippen LogP contribution in [0.25, 0.3) is 10.1 Å². The Morgan fingerprint density at radius 1 is 1.05 bits per heavy atom. The molecule has 0 saturated heterocycles. The first-order valence-corrected chi connectivity index (χ1v) is 8.09. The molecule has 0 atom stereocenters. The van der Waals surface area contributed by atoms with Gasteiger partial charge in [-0.2, -0.15) is 0 Å². The molecular formula is C18H17NO2S. The summed E-state index contributed by atoms with van der Waals surface area (Å²) in [6.45, 7) is 0.656. The number of fused-ring (bicyclic) bond motifs is 1. The second kappa shape index (κ2) is 6.73. The minimum atomic E-state index is -0.0237. The third kappa shape index (κ3) is 3.18. The highest BCUT2D eigenvalue weighted by Crippen LogP contribution is 2.25. The lowest BCUT2D eigenvalue weighted by Crippen LogP contribution is -2.25. The van der Waals surface area contributed by atoms with Crippen LogP contribution >= 0.6 is 11.3 Å². The minimum absolute atomic E-state index is 0.0237. The number of aliphatic hydroxyl groups is 1. The normalized spacial score (nSPS) is 10.8. The van der Waals surface area contributed by atoms with Crippen molar-refractivity contribution in [3.8, 4) is 0 Å². The van der Waals surface area contributed by atoms with Crippen molar-refractivity contribution in [2.75, 3.05) is 6.54 Å². The van der Waals surface area contributed by atoms with Crippen LogP contribution in [-0.4, -0.2) is 17.6 Å². The van der Waals surface area contributed by atoms with Crippen LogP contribution in [0.3, 0.4) is 0 Å². The molecule has 0 aliphatic heterocycles. The van der Waals surface area contributed by atoms with Crippen molar-refractivity contribution in [3.05, 3.63) is 70.6 Å². The van der Waals surface area contributed by atoms with Gasteiger partial charge in [-0.1, -0.05) is 42.5 Å². The van der Waals surface area contributed by atoms with Gasteiger partial charge in [0.15, 0.2) is 0 Å². The standard InChI is InChI=1S/C18H17NO2S/c20-11-14-7-5-13(6-8-14)9-10-19-18(21)16-12-22-17-4-2-1-3-15(16)17/h1-8,12,20H,9-11H2,(H,19,21). The summed E-state index contributed by atoms with van der Waals surface area (Å²) in [5.74, 6) is -0.0237. The van der Waals surface area contributed by atoms with Gasteiger partial charge in [0.1, 0.15) is 0 Å². The first kappa shape index (κ1) is 14.8. The van der Waals surface area contributed by atoms with E-state index in [2.05, 4.69) is 5.32 Å². The summed E-state index contributed by atoms with van der Waals surface area (Å²) in [6, 6.07) is 15.7. The maximum Gasteiger partial charge on any atom is 0.252 e. The van der Waals surface area contributed by atoms with E-state index in [4.69, 9.17) is 5.11 Å². The minimum Gasteiger partial charge on any atom is -0.392 e. The summed E-state index contributed by atoms with van der Waals surface area (Å²) in [6.07, 6.45) is 0.777.